The molecule has 1 aromatic heterocycles. The van der Waals surface area contributed by atoms with E-state index in [0.717, 1.165) is 0 Å². The molecule has 1 saturated carbocycles. The van der Waals surface area contributed by atoms with Crippen LogP contribution in [0.5, 0.6) is 0 Å². The van der Waals surface area contributed by atoms with Gasteiger partial charge in [-0.25, -0.2) is 4.68 Å². The van der Waals surface area contributed by atoms with E-state index < -0.39 is 11.4 Å². The summed E-state index contributed by atoms with van der Waals surface area (Å²) < 4.78 is 1.48. The van der Waals surface area contributed by atoms with Gasteiger partial charge in [0, 0.05) is 10.6 Å². The molecule has 6 nitrogen and oxygen atoms in total. The molecule has 3 rings (SSSR count). The Bertz CT molecular complexity index is 682. The number of rotatable bonds is 4. The number of hydrogen-bond donors (Lipinski definition) is 1. The number of aliphatic carboxylic acids is 1. The Hall–Kier alpha value is -1.66. The number of halogens is 2. The Balaban J connectivity index is 1.96. The van der Waals surface area contributed by atoms with E-state index in [-0.39, 0.29) is 6.54 Å². The van der Waals surface area contributed by atoms with Gasteiger partial charge in [0.1, 0.15) is 0 Å². The third-order valence-electron chi connectivity index (χ3n) is 3.46. The van der Waals surface area contributed by atoms with Crippen LogP contribution < -0.4 is 0 Å². The van der Waals surface area contributed by atoms with Gasteiger partial charge in [-0.1, -0.05) is 23.2 Å². The summed E-state index contributed by atoms with van der Waals surface area (Å²) >= 11 is 12.0. The lowest BCUT2D eigenvalue weighted by atomic mass is 10.1. The van der Waals surface area contributed by atoms with Crippen LogP contribution in [0.4, 0.5) is 0 Å². The van der Waals surface area contributed by atoms with E-state index in [1.54, 1.807) is 18.2 Å². The molecule has 0 saturated heterocycles. The zero-order chi connectivity index (χ0) is 14.3. The molecule has 0 bridgehead atoms. The van der Waals surface area contributed by atoms with Crippen molar-refractivity contribution in [2.24, 2.45) is 5.41 Å². The van der Waals surface area contributed by atoms with Gasteiger partial charge in [-0.2, -0.15) is 0 Å². The molecule has 0 aliphatic heterocycles. The second kappa shape index (κ2) is 4.71. The summed E-state index contributed by atoms with van der Waals surface area (Å²) in [6.07, 6.45) is 1.27. The van der Waals surface area contributed by atoms with Crippen LogP contribution in [0.25, 0.3) is 11.4 Å². The number of hydrogen-bond acceptors (Lipinski definition) is 4. The zero-order valence-corrected chi connectivity index (χ0v) is 11.8. The van der Waals surface area contributed by atoms with Crippen LogP contribution in [0.3, 0.4) is 0 Å². The van der Waals surface area contributed by atoms with Crippen LogP contribution in [0.2, 0.25) is 10.0 Å². The fourth-order valence-electron chi connectivity index (χ4n) is 2.05. The van der Waals surface area contributed by atoms with Crippen molar-refractivity contribution in [3.8, 4) is 11.4 Å². The Labute approximate surface area is 124 Å². The second-order valence-corrected chi connectivity index (χ2v) is 5.71. The molecule has 1 aliphatic carbocycles. The van der Waals surface area contributed by atoms with E-state index in [9.17, 15) is 9.90 Å². The van der Waals surface area contributed by atoms with E-state index in [1.807, 2.05) is 0 Å². The fourth-order valence-corrected chi connectivity index (χ4v) is 2.55. The van der Waals surface area contributed by atoms with Crippen molar-refractivity contribution in [1.82, 2.24) is 20.2 Å². The van der Waals surface area contributed by atoms with Gasteiger partial charge in [-0.15, -0.1) is 5.10 Å². The first kappa shape index (κ1) is 13.3. The van der Waals surface area contributed by atoms with Crippen LogP contribution in [-0.4, -0.2) is 31.3 Å². The molecule has 1 fully saturated rings. The highest BCUT2D eigenvalue weighted by Crippen LogP contribution is 2.47. The standard InChI is InChI=1S/C12H10Cl2N4O2/c13-7-1-2-8(9(14)5-7)10-15-16-17-18(10)6-12(3-4-12)11(19)20/h1-2,5H,3-4,6H2,(H,19,20). The summed E-state index contributed by atoms with van der Waals surface area (Å²) in [5.74, 6) is -0.375. The third kappa shape index (κ3) is 2.25. The van der Waals surface area contributed by atoms with Gasteiger partial charge in [0.2, 0.25) is 0 Å². The van der Waals surface area contributed by atoms with Crippen LogP contribution in [-0.2, 0) is 11.3 Å². The minimum Gasteiger partial charge on any atom is -0.481 e. The molecule has 8 heteroatoms. The quantitative estimate of drug-likeness (QED) is 0.938. The van der Waals surface area contributed by atoms with Crippen molar-refractivity contribution in [2.75, 3.05) is 0 Å². The molecule has 0 atom stereocenters. The Kier molecular flexibility index (Phi) is 3.14. The van der Waals surface area contributed by atoms with Crippen molar-refractivity contribution in [2.45, 2.75) is 19.4 Å². The molecule has 1 N–H and O–H groups in total. The maximum Gasteiger partial charge on any atom is 0.311 e. The summed E-state index contributed by atoms with van der Waals surface area (Å²) in [5, 5.41) is 21.6. The van der Waals surface area contributed by atoms with Gasteiger partial charge in [-0.05, 0) is 41.5 Å². The van der Waals surface area contributed by atoms with Crippen LogP contribution in [0.15, 0.2) is 18.2 Å². The molecule has 0 radical (unpaired) electrons. The SMILES string of the molecule is O=C(O)C1(Cn2nnnc2-c2ccc(Cl)cc2Cl)CC1. The maximum atomic E-state index is 11.2. The Morgan fingerprint density at radius 2 is 2.15 bits per heavy atom. The second-order valence-electron chi connectivity index (χ2n) is 4.87. The first-order valence-corrected chi connectivity index (χ1v) is 6.72. The summed E-state index contributed by atoms with van der Waals surface area (Å²) in [6.45, 7) is 0.240. The summed E-state index contributed by atoms with van der Waals surface area (Å²) in [6, 6.07) is 5.00. The van der Waals surface area contributed by atoms with E-state index in [0.29, 0.717) is 34.3 Å². The molecular weight excluding hydrogens is 303 g/mol. The highest BCUT2D eigenvalue weighted by atomic mass is 35.5. The molecule has 1 aromatic carbocycles. The summed E-state index contributed by atoms with van der Waals surface area (Å²) in [7, 11) is 0. The number of tetrazole rings is 1. The van der Waals surface area contributed by atoms with Crippen LogP contribution in [0, 0.1) is 5.41 Å². The number of benzene rings is 1. The van der Waals surface area contributed by atoms with Crippen molar-refractivity contribution in [3.05, 3.63) is 28.2 Å². The normalized spacial score (nSPS) is 16.1. The topological polar surface area (TPSA) is 80.9 Å². The molecule has 104 valence electrons. The van der Waals surface area contributed by atoms with E-state index in [1.165, 1.54) is 4.68 Å². The van der Waals surface area contributed by atoms with Crippen molar-refractivity contribution >= 4 is 29.2 Å². The minimum absolute atomic E-state index is 0.240. The Morgan fingerprint density at radius 3 is 2.75 bits per heavy atom. The predicted octanol–water partition coefficient (Wildman–Crippen LogP) is 2.51. The van der Waals surface area contributed by atoms with Gasteiger partial charge in [0.15, 0.2) is 5.82 Å². The zero-order valence-electron chi connectivity index (χ0n) is 10.3. The lowest BCUT2D eigenvalue weighted by Gasteiger charge is -2.11. The monoisotopic (exact) mass is 312 g/mol. The lowest BCUT2D eigenvalue weighted by Crippen LogP contribution is -2.22. The first-order valence-electron chi connectivity index (χ1n) is 5.97. The Morgan fingerprint density at radius 1 is 1.40 bits per heavy atom. The molecule has 1 heterocycles. The summed E-state index contributed by atoms with van der Waals surface area (Å²) in [4.78, 5) is 11.2. The molecule has 2 aromatic rings. The van der Waals surface area contributed by atoms with E-state index in [2.05, 4.69) is 15.5 Å². The maximum absolute atomic E-state index is 11.2. The largest absolute Gasteiger partial charge is 0.481 e. The number of carboxylic acids is 1. The van der Waals surface area contributed by atoms with Crippen molar-refractivity contribution in [3.63, 3.8) is 0 Å². The smallest absolute Gasteiger partial charge is 0.311 e. The predicted molar refractivity (Wildman–Crippen MR) is 72.6 cm³/mol. The molecule has 20 heavy (non-hydrogen) atoms. The highest BCUT2D eigenvalue weighted by molar-refractivity contribution is 6.36. The van der Waals surface area contributed by atoms with E-state index >= 15 is 0 Å². The summed E-state index contributed by atoms with van der Waals surface area (Å²) in [5.41, 5.74) is -0.120. The number of aromatic nitrogens is 4. The molecule has 0 spiro atoms. The van der Waals surface area contributed by atoms with Crippen molar-refractivity contribution < 1.29 is 9.90 Å². The average molecular weight is 313 g/mol. The third-order valence-corrected chi connectivity index (χ3v) is 4.01. The average Bonchev–Trinajstić information content (AvgIpc) is 3.03. The van der Waals surface area contributed by atoms with Gasteiger partial charge in [0.05, 0.1) is 17.0 Å². The van der Waals surface area contributed by atoms with Gasteiger partial charge in [-0.3, -0.25) is 4.79 Å². The molecule has 0 unspecified atom stereocenters. The van der Waals surface area contributed by atoms with Gasteiger partial charge < -0.3 is 5.11 Å². The van der Waals surface area contributed by atoms with Gasteiger partial charge >= 0.3 is 5.97 Å². The molecular formula is C12H10Cl2N4O2. The minimum atomic E-state index is -0.818. The molecule has 0 amide bonds. The van der Waals surface area contributed by atoms with Crippen LogP contribution in [0.1, 0.15) is 12.8 Å². The highest BCUT2D eigenvalue weighted by Gasteiger charge is 2.51. The first-order chi connectivity index (χ1) is 9.52. The number of carbonyl (C=O) groups is 1. The number of carboxylic acid groups (broad SMARTS) is 1. The van der Waals surface area contributed by atoms with E-state index in [4.69, 9.17) is 23.2 Å². The fraction of sp³-hybridized carbons (Fsp3) is 0.333. The van der Waals surface area contributed by atoms with Crippen molar-refractivity contribution in [1.29, 1.82) is 0 Å². The van der Waals surface area contributed by atoms with Crippen LogP contribution >= 0.6 is 23.2 Å². The number of nitrogens with zero attached hydrogens (tertiary/aromatic N) is 4. The lowest BCUT2D eigenvalue weighted by molar-refractivity contribution is -0.144. The van der Waals surface area contributed by atoms with Gasteiger partial charge in [0.25, 0.3) is 0 Å². The molecule has 1 aliphatic rings.